The van der Waals surface area contributed by atoms with E-state index in [1.54, 1.807) is 6.07 Å². The van der Waals surface area contributed by atoms with Gasteiger partial charge in [0.1, 0.15) is 11.5 Å². The van der Waals surface area contributed by atoms with Gasteiger partial charge in [0.15, 0.2) is 6.61 Å². The Morgan fingerprint density at radius 2 is 1.71 bits per heavy atom. The molecule has 182 valence electrons. The van der Waals surface area contributed by atoms with Gasteiger partial charge in [-0.2, -0.15) is 28.1 Å². The fourth-order valence-corrected chi connectivity index (χ4v) is 3.58. The predicted octanol–water partition coefficient (Wildman–Crippen LogP) is 3.96. The highest BCUT2D eigenvalue weighted by atomic mass is 19.4. The Labute approximate surface area is 195 Å². The summed E-state index contributed by atoms with van der Waals surface area (Å²) in [4.78, 5) is 16.8. The van der Waals surface area contributed by atoms with Crippen molar-refractivity contribution in [3.05, 3.63) is 59.0 Å². The van der Waals surface area contributed by atoms with E-state index in [-0.39, 0.29) is 24.5 Å². The molecule has 0 spiro atoms. The van der Waals surface area contributed by atoms with Crippen molar-refractivity contribution < 1.29 is 22.3 Å². The van der Waals surface area contributed by atoms with Crippen LogP contribution in [0.15, 0.2) is 40.8 Å². The second-order valence-corrected chi connectivity index (χ2v) is 8.26. The van der Waals surface area contributed by atoms with Gasteiger partial charge in [0, 0.05) is 32.7 Å². The lowest BCUT2D eigenvalue weighted by atomic mass is 10.1. The Morgan fingerprint density at radius 3 is 2.35 bits per heavy atom. The highest BCUT2D eigenvalue weighted by Gasteiger charge is 2.29. The summed E-state index contributed by atoms with van der Waals surface area (Å²) in [6, 6.07) is 11.7. The van der Waals surface area contributed by atoms with E-state index in [1.807, 2.05) is 17.9 Å². The summed E-state index contributed by atoms with van der Waals surface area (Å²) in [6.07, 6.45) is -4.49. The summed E-state index contributed by atoms with van der Waals surface area (Å²) in [6.45, 7) is 6.32. The molecule has 0 aliphatic carbocycles. The highest BCUT2D eigenvalue weighted by molar-refractivity contribution is 5.39. The SMILES string of the molecule is Cc1ccc(CN2CCN(c3nc(NCc4ccc(C)o4)nc(OCC(F)(F)F)n3)CC2)cc1. The van der Waals surface area contributed by atoms with E-state index in [0.717, 1.165) is 25.4 Å². The summed E-state index contributed by atoms with van der Waals surface area (Å²) in [5.41, 5.74) is 2.46. The molecule has 1 saturated heterocycles. The molecule has 34 heavy (non-hydrogen) atoms. The van der Waals surface area contributed by atoms with Crippen molar-refractivity contribution in [1.82, 2.24) is 19.9 Å². The fraction of sp³-hybridized carbons (Fsp3) is 0.435. The Bertz CT molecular complexity index is 1080. The zero-order valence-corrected chi connectivity index (χ0v) is 19.1. The normalized spacial score (nSPS) is 14.9. The summed E-state index contributed by atoms with van der Waals surface area (Å²) < 4.78 is 48.4. The molecule has 1 aliphatic rings. The van der Waals surface area contributed by atoms with Crippen LogP contribution in [-0.2, 0) is 13.1 Å². The van der Waals surface area contributed by atoms with Crippen LogP contribution in [0.5, 0.6) is 6.01 Å². The van der Waals surface area contributed by atoms with Crippen LogP contribution in [0.25, 0.3) is 0 Å². The van der Waals surface area contributed by atoms with Crippen LogP contribution in [0, 0.1) is 13.8 Å². The Kier molecular flexibility index (Phi) is 7.20. The van der Waals surface area contributed by atoms with Gasteiger partial charge in [0.2, 0.25) is 11.9 Å². The molecule has 3 aromatic rings. The number of hydrogen-bond donors (Lipinski definition) is 1. The number of ether oxygens (including phenoxy) is 1. The van der Waals surface area contributed by atoms with Crippen molar-refractivity contribution in [3.8, 4) is 6.01 Å². The smallest absolute Gasteiger partial charge is 0.422 e. The van der Waals surface area contributed by atoms with Gasteiger partial charge in [-0.1, -0.05) is 29.8 Å². The molecular formula is C23H27F3N6O2. The quantitative estimate of drug-likeness (QED) is 0.524. The largest absolute Gasteiger partial charge is 0.465 e. The summed E-state index contributed by atoms with van der Waals surface area (Å²) in [5.74, 6) is 1.81. The summed E-state index contributed by atoms with van der Waals surface area (Å²) in [7, 11) is 0. The van der Waals surface area contributed by atoms with Crippen LogP contribution in [0.4, 0.5) is 25.1 Å². The summed E-state index contributed by atoms with van der Waals surface area (Å²) in [5, 5.41) is 2.98. The first-order valence-corrected chi connectivity index (χ1v) is 11.0. The molecule has 4 rings (SSSR count). The molecule has 11 heteroatoms. The molecule has 3 heterocycles. The molecule has 0 bridgehead atoms. The number of furan rings is 1. The third kappa shape index (κ3) is 6.83. The molecule has 0 unspecified atom stereocenters. The number of nitrogens with one attached hydrogen (secondary N) is 1. The fourth-order valence-electron chi connectivity index (χ4n) is 3.58. The van der Waals surface area contributed by atoms with Gasteiger partial charge in [-0.05, 0) is 31.5 Å². The number of aromatic nitrogens is 3. The second-order valence-electron chi connectivity index (χ2n) is 8.26. The molecular weight excluding hydrogens is 449 g/mol. The molecule has 0 saturated carbocycles. The van der Waals surface area contributed by atoms with Crippen LogP contribution < -0.4 is 15.0 Å². The van der Waals surface area contributed by atoms with E-state index in [9.17, 15) is 13.2 Å². The zero-order chi connectivity index (χ0) is 24.1. The molecule has 8 nitrogen and oxygen atoms in total. The lowest BCUT2D eigenvalue weighted by molar-refractivity contribution is -0.154. The monoisotopic (exact) mass is 476 g/mol. The molecule has 1 fully saturated rings. The first-order valence-electron chi connectivity index (χ1n) is 11.0. The van der Waals surface area contributed by atoms with Crippen molar-refractivity contribution >= 4 is 11.9 Å². The maximum atomic E-state index is 12.7. The number of rotatable bonds is 8. The van der Waals surface area contributed by atoms with Gasteiger partial charge in [-0.15, -0.1) is 0 Å². The molecule has 1 aliphatic heterocycles. The Morgan fingerprint density at radius 1 is 0.971 bits per heavy atom. The minimum Gasteiger partial charge on any atom is -0.465 e. The van der Waals surface area contributed by atoms with Crippen LogP contribution in [0.1, 0.15) is 22.6 Å². The highest BCUT2D eigenvalue weighted by Crippen LogP contribution is 2.21. The standard InChI is InChI=1S/C23H27F3N6O2/c1-16-3-6-18(7-4-16)14-31-9-11-32(12-10-31)21-28-20(27-13-19-8-5-17(2)34-19)29-22(30-21)33-15-23(24,25)26/h3-8H,9-15H2,1-2H3,(H,27,28,29,30). The van der Waals surface area contributed by atoms with Crippen molar-refractivity contribution in [3.63, 3.8) is 0 Å². The number of benzene rings is 1. The van der Waals surface area contributed by atoms with Crippen LogP contribution in [0.3, 0.4) is 0 Å². The second kappa shape index (κ2) is 10.3. The first-order chi connectivity index (χ1) is 16.2. The first kappa shape index (κ1) is 23.8. The third-order valence-electron chi connectivity index (χ3n) is 5.37. The summed E-state index contributed by atoms with van der Waals surface area (Å²) >= 11 is 0. The van der Waals surface area contributed by atoms with E-state index in [0.29, 0.717) is 18.8 Å². The number of nitrogens with zero attached hydrogens (tertiary/aromatic N) is 5. The number of hydrogen-bond acceptors (Lipinski definition) is 8. The molecule has 0 amide bonds. The lowest BCUT2D eigenvalue weighted by Crippen LogP contribution is -2.46. The van der Waals surface area contributed by atoms with Crippen molar-refractivity contribution in [2.75, 3.05) is 43.0 Å². The zero-order valence-electron chi connectivity index (χ0n) is 19.1. The minimum atomic E-state index is -4.49. The predicted molar refractivity (Wildman–Crippen MR) is 121 cm³/mol. The Hall–Kier alpha value is -3.34. The lowest BCUT2D eigenvalue weighted by Gasteiger charge is -2.34. The average Bonchev–Trinajstić information content (AvgIpc) is 3.23. The van der Waals surface area contributed by atoms with Crippen LogP contribution in [-0.4, -0.2) is 58.8 Å². The van der Waals surface area contributed by atoms with E-state index >= 15 is 0 Å². The van der Waals surface area contributed by atoms with Gasteiger partial charge in [-0.3, -0.25) is 4.90 Å². The number of alkyl halides is 3. The number of piperazine rings is 1. The van der Waals surface area contributed by atoms with Crippen molar-refractivity contribution in [2.45, 2.75) is 33.1 Å². The maximum Gasteiger partial charge on any atom is 0.422 e. The van der Waals surface area contributed by atoms with E-state index in [1.165, 1.54) is 11.1 Å². The number of aryl methyl sites for hydroxylation is 2. The third-order valence-corrected chi connectivity index (χ3v) is 5.37. The van der Waals surface area contributed by atoms with Crippen LogP contribution in [0.2, 0.25) is 0 Å². The van der Waals surface area contributed by atoms with Gasteiger partial charge in [0.05, 0.1) is 6.54 Å². The van der Waals surface area contributed by atoms with E-state index in [4.69, 9.17) is 9.15 Å². The topological polar surface area (TPSA) is 79.5 Å². The number of halogens is 3. The van der Waals surface area contributed by atoms with Crippen molar-refractivity contribution in [2.24, 2.45) is 0 Å². The van der Waals surface area contributed by atoms with Gasteiger partial charge in [-0.25, -0.2) is 0 Å². The maximum absolute atomic E-state index is 12.7. The van der Waals surface area contributed by atoms with E-state index in [2.05, 4.69) is 56.4 Å². The van der Waals surface area contributed by atoms with E-state index < -0.39 is 12.8 Å². The van der Waals surface area contributed by atoms with Gasteiger partial charge >= 0.3 is 12.2 Å². The molecule has 2 aromatic heterocycles. The van der Waals surface area contributed by atoms with Gasteiger partial charge < -0.3 is 19.4 Å². The molecule has 0 atom stereocenters. The molecule has 1 N–H and O–H groups in total. The van der Waals surface area contributed by atoms with Crippen molar-refractivity contribution in [1.29, 1.82) is 0 Å². The minimum absolute atomic E-state index is 0.123. The number of anilines is 2. The Balaban J connectivity index is 1.43. The van der Waals surface area contributed by atoms with Crippen LogP contribution >= 0.6 is 0 Å². The van der Waals surface area contributed by atoms with Gasteiger partial charge in [0.25, 0.3) is 0 Å². The molecule has 0 radical (unpaired) electrons. The molecule has 1 aromatic carbocycles. The average molecular weight is 477 g/mol.